The molecule has 7 heteroatoms. The lowest BCUT2D eigenvalue weighted by atomic mass is 10.0. The van der Waals surface area contributed by atoms with Crippen LogP contribution in [-0.4, -0.2) is 16.0 Å². The molecule has 2 heterocycles. The van der Waals surface area contributed by atoms with E-state index in [1.807, 2.05) is 22.2 Å². The van der Waals surface area contributed by atoms with Crippen molar-refractivity contribution < 1.29 is 13.5 Å². The van der Waals surface area contributed by atoms with Gasteiger partial charge in [-0.25, -0.2) is 4.98 Å². The highest BCUT2D eigenvalue weighted by Gasteiger charge is 2.16. The largest absolute Gasteiger partial charge is 0.434 e. The molecule has 0 bridgehead atoms. The van der Waals surface area contributed by atoms with E-state index in [1.165, 1.54) is 17.4 Å². The van der Waals surface area contributed by atoms with E-state index < -0.39 is 12.7 Å². The van der Waals surface area contributed by atoms with Crippen molar-refractivity contribution in [1.82, 2.24) is 9.38 Å². The first-order valence-corrected chi connectivity index (χ1v) is 7.22. The maximum Gasteiger partial charge on any atom is 0.387 e. The molecule has 1 atom stereocenters. The lowest BCUT2D eigenvalue weighted by Gasteiger charge is -2.15. The molecule has 0 amide bonds. The third-order valence-electron chi connectivity index (χ3n) is 3.11. The van der Waals surface area contributed by atoms with Crippen LogP contribution in [0.25, 0.3) is 4.96 Å². The number of ether oxygens (including phenoxy) is 1. The van der Waals surface area contributed by atoms with Gasteiger partial charge in [-0.15, -0.1) is 11.3 Å². The van der Waals surface area contributed by atoms with Crippen LogP contribution in [0.3, 0.4) is 0 Å². The van der Waals surface area contributed by atoms with Gasteiger partial charge in [0.2, 0.25) is 0 Å². The van der Waals surface area contributed by atoms with Crippen LogP contribution in [-0.2, 0) is 6.42 Å². The fourth-order valence-electron chi connectivity index (χ4n) is 2.20. The SMILES string of the molecule is NC(Cc1cn2ccsc2n1)c1ccccc1OC(F)F. The molecule has 2 N–H and O–H groups in total. The predicted octanol–water partition coefficient (Wildman–Crippen LogP) is 3.24. The summed E-state index contributed by atoms with van der Waals surface area (Å²) in [6.07, 6.45) is 4.26. The summed E-state index contributed by atoms with van der Waals surface area (Å²) in [5.41, 5.74) is 7.49. The van der Waals surface area contributed by atoms with Gasteiger partial charge in [-0.2, -0.15) is 8.78 Å². The zero-order chi connectivity index (χ0) is 14.8. The molecule has 1 aromatic carbocycles. The normalized spacial score (nSPS) is 13.0. The summed E-state index contributed by atoms with van der Waals surface area (Å²) in [6.45, 7) is -2.86. The van der Waals surface area contributed by atoms with Crippen molar-refractivity contribution >= 4 is 16.3 Å². The van der Waals surface area contributed by atoms with E-state index in [2.05, 4.69) is 9.72 Å². The number of fused-ring (bicyclic) bond motifs is 1. The molecule has 2 aromatic heterocycles. The molecule has 3 aromatic rings. The molecule has 1 unspecified atom stereocenters. The van der Waals surface area contributed by atoms with Gasteiger partial charge in [0, 0.05) is 35.8 Å². The first-order valence-electron chi connectivity index (χ1n) is 6.34. The fourth-order valence-corrected chi connectivity index (χ4v) is 2.92. The number of benzene rings is 1. The third kappa shape index (κ3) is 3.03. The summed E-state index contributed by atoms with van der Waals surface area (Å²) in [7, 11) is 0. The molecule has 0 spiro atoms. The van der Waals surface area contributed by atoms with Crippen molar-refractivity contribution in [1.29, 1.82) is 0 Å². The van der Waals surface area contributed by atoms with Crippen LogP contribution in [0.1, 0.15) is 17.3 Å². The minimum Gasteiger partial charge on any atom is -0.434 e. The average Bonchev–Trinajstić information content (AvgIpc) is 2.99. The number of thiazole rings is 1. The second kappa shape index (κ2) is 5.79. The summed E-state index contributed by atoms with van der Waals surface area (Å²) in [5, 5.41) is 1.94. The summed E-state index contributed by atoms with van der Waals surface area (Å²) in [6, 6.07) is 6.12. The number of imidazole rings is 1. The van der Waals surface area contributed by atoms with E-state index in [9.17, 15) is 8.78 Å². The number of nitrogens with two attached hydrogens (primary N) is 1. The number of para-hydroxylation sites is 1. The number of aromatic nitrogens is 2. The van der Waals surface area contributed by atoms with Gasteiger partial charge in [0.15, 0.2) is 4.96 Å². The van der Waals surface area contributed by atoms with Gasteiger partial charge < -0.3 is 10.5 Å². The highest BCUT2D eigenvalue weighted by molar-refractivity contribution is 7.15. The molecule has 0 aliphatic rings. The second-order valence-corrected chi connectivity index (χ2v) is 5.43. The molecule has 110 valence electrons. The van der Waals surface area contributed by atoms with Crippen molar-refractivity contribution in [3.8, 4) is 5.75 Å². The Hall–Kier alpha value is -1.99. The first kappa shape index (κ1) is 14.0. The Balaban J connectivity index is 1.81. The Labute approximate surface area is 123 Å². The molecule has 4 nitrogen and oxygen atoms in total. The second-order valence-electron chi connectivity index (χ2n) is 4.55. The fraction of sp³-hybridized carbons (Fsp3) is 0.214. The van der Waals surface area contributed by atoms with Crippen LogP contribution in [0.2, 0.25) is 0 Å². The minimum atomic E-state index is -2.86. The average molecular weight is 309 g/mol. The number of nitrogens with zero attached hydrogens (tertiary/aromatic N) is 2. The van der Waals surface area contributed by atoms with E-state index in [0.29, 0.717) is 12.0 Å². The standard InChI is InChI=1S/C14H13F2N3OS/c15-13(16)20-12-4-2-1-3-10(12)11(17)7-9-8-19-5-6-21-14(19)18-9/h1-6,8,11,13H,7,17H2. The maximum atomic E-state index is 12.4. The first-order chi connectivity index (χ1) is 10.1. The van der Waals surface area contributed by atoms with Crippen molar-refractivity contribution in [2.45, 2.75) is 19.1 Å². The van der Waals surface area contributed by atoms with Gasteiger partial charge in [-0.05, 0) is 6.07 Å². The molecular weight excluding hydrogens is 296 g/mol. The highest BCUT2D eigenvalue weighted by Crippen LogP contribution is 2.27. The molecule has 0 radical (unpaired) electrons. The number of hydrogen-bond acceptors (Lipinski definition) is 4. The Morgan fingerprint density at radius 3 is 2.90 bits per heavy atom. The number of rotatable bonds is 5. The van der Waals surface area contributed by atoms with Gasteiger partial charge in [0.25, 0.3) is 0 Å². The molecule has 0 saturated carbocycles. The minimum absolute atomic E-state index is 0.112. The number of hydrogen-bond donors (Lipinski definition) is 1. The molecular formula is C14H13F2N3OS. The maximum absolute atomic E-state index is 12.4. The topological polar surface area (TPSA) is 52.5 Å². The van der Waals surface area contributed by atoms with Crippen molar-refractivity contribution in [3.63, 3.8) is 0 Å². The predicted molar refractivity (Wildman–Crippen MR) is 76.8 cm³/mol. The summed E-state index contributed by atoms with van der Waals surface area (Å²) < 4.78 is 31.2. The summed E-state index contributed by atoms with van der Waals surface area (Å²) in [5.74, 6) is 0.112. The monoisotopic (exact) mass is 309 g/mol. The van der Waals surface area contributed by atoms with Gasteiger partial charge in [0.1, 0.15) is 5.75 Å². The molecule has 0 aliphatic heterocycles. The Morgan fingerprint density at radius 1 is 1.33 bits per heavy atom. The van der Waals surface area contributed by atoms with Crippen LogP contribution in [0.15, 0.2) is 42.0 Å². The van der Waals surface area contributed by atoms with Gasteiger partial charge in [-0.1, -0.05) is 18.2 Å². The lowest BCUT2D eigenvalue weighted by Crippen LogP contribution is -2.16. The number of halogens is 2. The van der Waals surface area contributed by atoms with E-state index in [4.69, 9.17) is 5.73 Å². The van der Waals surface area contributed by atoms with E-state index in [0.717, 1.165) is 10.7 Å². The zero-order valence-corrected chi connectivity index (χ0v) is 11.8. The van der Waals surface area contributed by atoms with Gasteiger partial charge >= 0.3 is 6.61 Å². The third-order valence-corrected chi connectivity index (χ3v) is 3.88. The molecule has 21 heavy (non-hydrogen) atoms. The Kier molecular flexibility index (Phi) is 3.85. The van der Waals surface area contributed by atoms with E-state index >= 15 is 0 Å². The van der Waals surface area contributed by atoms with Crippen LogP contribution in [0.4, 0.5) is 8.78 Å². The van der Waals surface area contributed by atoms with Crippen molar-refractivity contribution in [3.05, 3.63) is 53.3 Å². The van der Waals surface area contributed by atoms with Gasteiger partial charge in [0.05, 0.1) is 5.69 Å². The quantitative estimate of drug-likeness (QED) is 0.787. The zero-order valence-electron chi connectivity index (χ0n) is 10.9. The summed E-state index contributed by atoms with van der Waals surface area (Å²) in [4.78, 5) is 5.32. The van der Waals surface area contributed by atoms with Crippen molar-refractivity contribution in [2.75, 3.05) is 0 Å². The lowest BCUT2D eigenvalue weighted by molar-refractivity contribution is -0.0506. The summed E-state index contributed by atoms with van der Waals surface area (Å²) >= 11 is 1.53. The molecule has 0 aliphatic carbocycles. The van der Waals surface area contributed by atoms with Crippen molar-refractivity contribution in [2.24, 2.45) is 5.73 Å². The van der Waals surface area contributed by atoms with Crippen LogP contribution < -0.4 is 10.5 Å². The van der Waals surface area contributed by atoms with Crippen LogP contribution in [0, 0.1) is 0 Å². The van der Waals surface area contributed by atoms with Crippen LogP contribution in [0.5, 0.6) is 5.75 Å². The van der Waals surface area contributed by atoms with Gasteiger partial charge in [-0.3, -0.25) is 4.40 Å². The Bertz CT molecular complexity index is 712. The molecule has 0 fully saturated rings. The highest BCUT2D eigenvalue weighted by atomic mass is 32.1. The van der Waals surface area contributed by atoms with Crippen LogP contribution >= 0.6 is 11.3 Å². The van der Waals surface area contributed by atoms with E-state index in [-0.39, 0.29) is 5.75 Å². The smallest absolute Gasteiger partial charge is 0.387 e. The Morgan fingerprint density at radius 2 is 2.14 bits per heavy atom. The van der Waals surface area contributed by atoms with E-state index in [1.54, 1.807) is 18.2 Å². The molecule has 0 saturated heterocycles. The number of alkyl halides is 2. The molecule has 3 rings (SSSR count).